The molecule has 4 nitrogen and oxygen atoms in total. The quantitative estimate of drug-likeness (QED) is 0.816. The van der Waals surface area contributed by atoms with Crippen LogP contribution in [-0.2, 0) is 17.4 Å². The lowest BCUT2D eigenvalue weighted by Crippen LogP contribution is -2.41. The van der Waals surface area contributed by atoms with Crippen LogP contribution < -0.4 is 14.9 Å². The van der Waals surface area contributed by atoms with E-state index in [0.717, 1.165) is 43.1 Å². The molecule has 0 spiro atoms. The zero-order valence-electron chi connectivity index (χ0n) is 16.3. The molecule has 0 aromatic heterocycles. The van der Waals surface area contributed by atoms with E-state index in [1.165, 1.54) is 30.4 Å². The van der Waals surface area contributed by atoms with E-state index in [0.29, 0.717) is 18.0 Å². The number of benzene rings is 2. The van der Waals surface area contributed by atoms with Gasteiger partial charge in [-0.25, -0.2) is 4.21 Å². The summed E-state index contributed by atoms with van der Waals surface area (Å²) in [6, 6.07) is 18.0. The van der Waals surface area contributed by atoms with Gasteiger partial charge in [-0.2, -0.15) is 0 Å². The van der Waals surface area contributed by atoms with E-state index in [-0.39, 0.29) is 0 Å². The van der Waals surface area contributed by atoms with Crippen LogP contribution in [0.5, 0.6) is 0 Å². The van der Waals surface area contributed by atoms with Gasteiger partial charge >= 0.3 is 0 Å². The van der Waals surface area contributed by atoms with Crippen molar-refractivity contribution >= 4 is 16.7 Å². The number of nitrogens with one attached hydrogen (secondary N) is 2. The first kappa shape index (κ1) is 18.3. The highest BCUT2D eigenvalue weighted by molar-refractivity contribution is 7.86. The van der Waals surface area contributed by atoms with Crippen molar-refractivity contribution in [3.05, 3.63) is 59.7 Å². The molecule has 2 N–H and O–H groups in total. The van der Waals surface area contributed by atoms with Gasteiger partial charge < -0.3 is 10.6 Å². The molecule has 5 heteroatoms. The fourth-order valence-corrected chi connectivity index (χ4v) is 5.98. The van der Waals surface area contributed by atoms with Crippen molar-refractivity contribution in [3.63, 3.8) is 0 Å². The summed E-state index contributed by atoms with van der Waals surface area (Å²) in [7, 11) is -1.13. The van der Waals surface area contributed by atoms with Crippen molar-refractivity contribution in [2.24, 2.45) is 0 Å². The standard InChI is InChI=1S/C23H29N3OS/c27-28(20-6-2-1-3-7-20)26-14-4-5-18-15-17(8-9-23(18)26)21-16-22(21)25-19-10-12-24-13-11-19/h1-3,6-9,15,19,21-22,24-25H,4-5,10-14,16H2. The van der Waals surface area contributed by atoms with E-state index in [1.807, 2.05) is 30.3 Å². The molecule has 1 saturated heterocycles. The van der Waals surface area contributed by atoms with E-state index in [1.54, 1.807) is 0 Å². The monoisotopic (exact) mass is 395 g/mol. The van der Waals surface area contributed by atoms with Gasteiger partial charge in [-0.1, -0.05) is 30.3 Å². The molecule has 0 radical (unpaired) electrons. The first-order chi connectivity index (χ1) is 13.8. The minimum atomic E-state index is -1.13. The fraction of sp³-hybridized carbons (Fsp3) is 0.478. The first-order valence-corrected chi connectivity index (χ1v) is 11.7. The van der Waals surface area contributed by atoms with Gasteiger partial charge in [0.15, 0.2) is 11.0 Å². The minimum absolute atomic E-state index is 0.638. The largest absolute Gasteiger partial charge is 0.317 e. The Morgan fingerprint density at radius 1 is 1.07 bits per heavy atom. The fourth-order valence-electron chi connectivity index (χ4n) is 4.69. The lowest BCUT2D eigenvalue weighted by Gasteiger charge is -2.30. The Hall–Kier alpha value is -1.69. The zero-order chi connectivity index (χ0) is 18.9. The Morgan fingerprint density at radius 3 is 2.71 bits per heavy atom. The first-order valence-electron chi connectivity index (χ1n) is 10.6. The summed E-state index contributed by atoms with van der Waals surface area (Å²) in [6.45, 7) is 3.14. The van der Waals surface area contributed by atoms with Gasteiger partial charge in [0.25, 0.3) is 0 Å². The van der Waals surface area contributed by atoms with Crippen LogP contribution in [0.2, 0.25) is 0 Å². The normalized spacial score (nSPS) is 25.9. The summed E-state index contributed by atoms with van der Waals surface area (Å²) in [5, 5.41) is 7.31. The third kappa shape index (κ3) is 3.76. The molecular formula is C23H29N3OS. The van der Waals surface area contributed by atoms with Crippen molar-refractivity contribution in [1.82, 2.24) is 10.6 Å². The second kappa shape index (κ2) is 7.97. The molecule has 3 aliphatic rings. The number of aryl methyl sites for hydroxylation is 1. The Bertz CT molecular complexity index is 850. The van der Waals surface area contributed by atoms with Gasteiger partial charge in [-0.05, 0) is 74.5 Å². The number of hydrogen-bond donors (Lipinski definition) is 2. The van der Waals surface area contributed by atoms with Crippen LogP contribution in [0, 0.1) is 0 Å². The zero-order valence-corrected chi connectivity index (χ0v) is 17.1. The van der Waals surface area contributed by atoms with Crippen LogP contribution in [0.4, 0.5) is 5.69 Å². The summed E-state index contributed by atoms with van der Waals surface area (Å²) in [6.07, 6.45) is 5.89. The molecule has 0 amide bonds. The van der Waals surface area contributed by atoms with Crippen molar-refractivity contribution in [2.45, 2.75) is 55.0 Å². The van der Waals surface area contributed by atoms with Crippen LogP contribution in [0.1, 0.15) is 42.7 Å². The maximum Gasteiger partial charge on any atom is 0.152 e. The van der Waals surface area contributed by atoms with Crippen LogP contribution >= 0.6 is 0 Å². The van der Waals surface area contributed by atoms with Crippen LogP contribution in [0.25, 0.3) is 0 Å². The number of piperidine rings is 1. The number of rotatable bonds is 5. The SMILES string of the molecule is O=S(c1ccccc1)N1CCCc2cc(C3CC3NC3CCNCC3)ccc21. The molecule has 3 atom stereocenters. The smallest absolute Gasteiger partial charge is 0.152 e. The Balaban J connectivity index is 1.30. The topological polar surface area (TPSA) is 44.4 Å². The summed E-state index contributed by atoms with van der Waals surface area (Å²) in [5.74, 6) is 0.648. The van der Waals surface area contributed by atoms with Crippen LogP contribution in [-0.4, -0.2) is 35.9 Å². The van der Waals surface area contributed by atoms with Crippen molar-refractivity contribution in [3.8, 4) is 0 Å². The average Bonchev–Trinajstić information content (AvgIpc) is 3.53. The van der Waals surface area contributed by atoms with E-state index in [9.17, 15) is 4.21 Å². The molecule has 1 saturated carbocycles. The van der Waals surface area contributed by atoms with Gasteiger partial charge in [0.2, 0.25) is 0 Å². The minimum Gasteiger partial charge on any atom is -0.317 e. The molecule has 2 heterocycles. The Kier molecular flexibility index (Phi) is 5.22. The predicted octanol–water partition coefficient (Wildman–Crippen LogP) is 3.36. The maximum absolute atomic E-state index is 13.1. The number of nitrogens with zero attached hydrogens (tertiary/aromatic N) is 1. The highest BCUT2D eigenvalue weighted by Gasteiger charge is 2.40. The summed E-state index contributed by atoms with van der Waals surface area (Å²) < 4.78 is 15.2. The van der Waals surface area contributed by atoms with Crippen molar-refractivity contribution in [2.75, 3.05) is 23.9 Å². The third-order valence-electron chi connectivity index (χ3n) is 6.33. The van der Waals surface area contributed by atoms with Crippen LogP contribution in [0.3, 0.4) is 0 Å². The highest BCUT2D eigenvalue weighted by Crippen LogP contribution is 2.43. The van der Waals surface area contributed by atoms with Gasteiger partial charge in [0.05, 0.1) is 10.6 Å². The Labute approximate surface area is 170 Å². The second-order valence-corrected chi connectivity index (χ2v) is 9.71. The molecule has 28 heavy (non-hydrogen) atoms. The number of hydrogen-bond acceptors (Lipinski definition) is 3. The van der Waals surface area contributed by atoms with Crippen molar-refractivity contribution < 1.29 is 4.21 Å². The molecule has 2 aliphatic heterocycles. The van der Waals surface area contributed by atoms with Gasteiger partial charge in [-0.3, -0.25) is 4.31 Å². The summed E-state index contributed by atoms with van der Waals surface area (Å²) >= 11 is 0. The summed E-state index contributed by atoms with van der Waals surface area (Å²) in [4.78, 5) is 0.882. The molecule has 5 rings (SSSR count). The molecule has 2 aromatic rings. The lowest BCUT2D eigenvalue weighted by atomic mass is 9.98. The van der Waals surface area contributed by atoms with Gasteiger partial charge in [-0.15, -0.1) is 0 Å². The second-order valence-electron chi connectivity index (χ2n) is 8.30. The molecule has 0 bridgehead atoms. The predicted molar refractivity (Wildman–Crippen MR) is 115 cm³/mol. The number of anilines is 1. The lowest BCUT2D eigenvalue weighted by molar-refractivity contribution is 0.383. The van der Waals surface area contributed by atoms with Crippen LogP contribution in [0.15, 0.2) is 53.4 Å². The average molecular weight is 396 g/mol. The molecule has 1 aliphatic carbocycles. The van der Waals surface area contributed by atoms with E-state index in [4.69, 9.17) is 0 Å². The third-order valence-corrected chi connectivity index (χ3v) is 7.79. The van der Waals surface area contributed by atoms with E-state index < -0.39 is 11.0 Å². The maximum atomic E-state index is 13.1. The molecule has 2 fully saturated rings. The molecule has 148 valence electrons. The molecular weight excluding hydrogens is 366 g/mol. The highest BCUT2D eigenvalue weighted by atomic mass is 32.2. The summed E-state index contributed by atoms with van der Waals surface area (Å²) in [5.41, 5.74) is 3.97. The van der Waals surface area contributed by atoms with E-state index >= 15 is 0 Å². The Morgan fingerprint density at radius 2 is 1.89 bits per heavy atom. The molecule has 2 aromatic carbocycles. The van der Waals surface area contributed by atoms with Crippen molar-refractivity contribution in [1.29, 1.82) is 0 Å². The van der Waals surface area contributed by atoms with Gasteiger partial charge in [0.1, 0.15) is 0 Å². The van der Waals surface area contributed by atoms with E-state index in [2.05, 4.69) is 33.1 Å². The molecule has 3 unspecified atom stereocenters. The van der Waals surface area contributed by atoms with Gasteiger partial charge in [0, 0.05) is 24.5 Å². The number of fused-ring (bicyclic) bond motifs is 1.